The predicted octanol–water partition coefficient (Wildman–Crippen LogP) is 4.57. The summed E-state index contributed by atoms with van der Waals surface area (Å²) in [7, 11) is 1.31. The van der Waals surface area contributed by atoms with Gasteiger partial charge in [-0.15, -0.1) is 0 Å². The van der Waals surface area contributed by atoms with Crippen LogP contribution in [0, 0.1) is 0 Å². The summed E-state index contributed by atoms with van der Waals surface area (Å²) in [5.41, 5.74) is 1.45. The maximum Gasteiger partial charge on any atom is 0.330 e. The Morgan fingerprint density at radius 2 is 1.63 bits per heavy atom. The van der Waals surface area contributed by atoms with Crippen LogP contribution < -0.4 is 10.6 Å². The molecule has 30 heavy (non-hydrogen) atoms. The minimum atomic E-state index is -1.12. The first-order chi connectivity index (χ1) is 14.4. The Morgan fingerprint density at radius 3 is 2.37 bits per heavy atom. The van der Waals surface area contributed by atoms with Crippen molar-refractivity contribution < 1.29 is 14.3 Å². The van der Waals surface area contributed by atoms with Crippen molar-refractivity contribution in [1.29, 1.82) is 0 Å². The Bertz CT molecular complexity index is 1030. The molecule has 3 rings (SSSR count). The first-order valence-corrected chi connectivity index (χ1v) is 10.1. The normalized spacial score (nSPS) is 11.2. The van der Waals surface area contributed by atoms with Crippen LogP contribution in [0.1, 0.15) is 36.2 Å². The smallest absolute Gasteiger partial charge is 0.330 e. The molecule has 0 saturated carbocycles. The molecular weight excluding hydrogens is 376 g/mol. The van der Waals surface area contributed by atoms with E-state index in [2.05, 4.69) is 22.8 Å². The lowest BCUT2D eigenvalue weighted by Gasteiger charge is -2.24. The van der Waals surface area contributed by atoms with Gasteiger partial charge in [-0.2, -0.15) is 0 Å². The maximum absolute atomic E-state index is 13.0. The predicted molar refractivity (Wildman–Crippen MR) is 121 cm³/mol. The summed E-state index contributed by atoms with van der Waals surface area (Å²) in [6.45, 7) is 3.99. The van der Waals surface area contributed by atoms with Gasteiger partial charge in [0, 0.05) is 11.9 Å². The van der Waals surface area contributed by atoms with E-state index in [0.29, 0.717) is 5.56 Å². The van der Waals surface area contributed by atoms with Crippen molar-refractivity contribution in [3.63, 3.8) is 0 Å². The first-order valence-electron chi connectivity index (χ1n) is 10.1. The summed E-state index contributed by atoms with van der Waals surface area (Å²) in [5, 5.41) is 8.27. The third kappa shape index (κ3) is 4.98. The van der Waals surface area contributed by atoms with Crippen molar-refractivity contribution >= 4 is 28.3 Å². The van der Waals surface area contributed by atoms with Gasteiger partial charge < -0.3 is 15.4 Å². The third-order valence-corrected chi connectivity index (χ3v) is 5.08. The first kappa shape index (κ1) is 21.4. The molecule has 0 unspecified atom stereocenters. The van der Waals surface area contributed by atoms with Crippen LogP contribution in [0.2, 0.25) is 0 Å². The van der Waals surface area contributed by atoms with E-state index in [9.17, 15) is 9.59 Å². The van der Waals surface area contributed by atoms with Crippen LogP contribution in [0.3, 0.4) is 0 Å². The number of hydrogen-bond acceptors (Lipinski definition) is 4. The van der Waals surface area contributed by atoms with Crippen LogP contribution in [-0.4, -0.2) is 31.1 Å². The van der Waals surface area contributed by atoms with E-state index in [1.54, 1.807) is 19.9 Å². The van der Waals surface area contributed by atoms with Gasteiger partial charge in [0.15, 0.2) is 0 Å². The van der Waals surface area contributed by atoms with Gasteiger partial charge in [0.1, 0.15) is 5.54 Å². The van der Waals surface area contributed by atoms with Crippen LogP contribution >= 0.6 is 0 Å². The van der Waals surface area contributed by atoms with E-state index in [4.69, 9.17) is 4.74 Å². The van der Waals surface area contributed by atoms with Crippen LogP contribution in [-0.2, 0) is 16.0 Å². The SMILES string of the molecule is COC(=O)C(C)(C)NC(=O)c1ccc2ccccc2c1NCCCc1ccccc1. The van der Waals surface area contributed by atoms with Crippen molar-refractivity contribution in [2.45, 2.75) is 32.2 Å². The molecule has 156 valence electrons. The summed E-state index contributed by atoms with van der Waals surface area (Å²) in [5.74, 6) is -0.810. The molecule has 0 spiro atoms. The fourth-order valence-corrected chi connectivity index (χ4v) is 3.46. The minimum absolute atomic E-state index is 0.318. The number of carbonyl (C=O) groups excluding carboxylic acids is 2. The number of amides is 1. The zero-order valence-electron chi connectivity index (χ0n) is 17.7. The van der Waals surface area contributed by atoms with E-state index in [1.165, 1.54) is 12.7 Å². The van der Waals surface area contributed by atoms with E-state index >= 15 is 0 Å². The number of benzene rings is 3. The van der Waals surface area contributed by atoms with Gasteiger partial charge in [-0.25, -0.2) is 4.79 Å². The van der Waals surface area contributed by atoms with E-state index < -0.39 is 11.5 Å². The summed E-state index contributed by atoms with van der Waals surface area (Å²) in [6, 6.07) is 22.0. The third-order valence-electron chi connectivity index (χ3n) is 5.08. The number of nitrogens with one attached hydrogen (secondary N) is 2. The lowest BCUT2D eigenvalue weighted by atomic mass is 10.0. The van der Waals surface area contributed by atoms with Gasteiger partial charge in [0.25, 0.3) is 5.91 Å². The number of hydrogen-bond donors (Lipinski definition) is 2. The molecule has 3 aromatic carbocycles. The molecule has 0 aliphatic carbocycles. The second-order valence-corrected chi connectivity index (χ2v) is 7.80. The average Bonchev–Trinajstić information content (AvgIpc) is 2.76. The Labute approximate surface area is 177 Å². The molecule has 0 aliphatic heterocycles. The number of anilines is 1. The lowest BCUT2D eigenvalue weighted by Crippen LogP contribution is -2.50. The number of rotatable bonds is 8. The van der Waals surface area contributed by atoms with Gasteiger partial charge >= 0.3 is 5.97 Å². The Kier molecular flexibility index (Phi) is 6.72. The molecular formula is C25H28N2O3. The summed E-state index contributed by atoms with van der Waals surface area (Å²) >= 11 is 0. The van der Waals surface area contributed by atoms with Crippen LogP contribution in [0.4, 0.5) is 5.69 Å². The van der Waals surface area contributed by atoms with Crippen molar-refractivity contribution in [2.24, 2.45) is 0 Å². The standard InChI is InChI=1S/C25H28N2O3/c1-25(2,24(29)30-3)27-23(28)21-16-15-19-13-7-8-14-20(19)22(21)26-17-9-12-18-10-5-4-6-11-18/h4-8,10-11,13-16,26H,9,12,17H2,1-3H3,(H,27,28). The zero-order chi connectivity index (χ0) is 21.6. The number of ether oxygens (including phenoxy) is 1. The Balaban J connectivity index is 1.81. The summed E-state index contributed by atoms with van der Waals surface area (Å²) in [4.78, 5) is 25.0. The fraction of sp³-hybridized carbons (Fsp3) is 0.280. The molecule has 1 amide bonds. The number of fused-ring (bicyclic) bond motifs is 1. The number of carbonyl (C=O) groups is 2. The molecule has 0 atom stereocenters. The van der Waals surface area contributed by atoms with Crippen molar-refractivity contribution in [3.05, 3.63) is 77.9 Å². The van der Waals surface area contributed by atoms with Crippen molar-refractivity contribution in [1.82, 2.24) is 5.32 Å². The molecule has 0 aromatic heterocycles. The van der Waals surface area contributed by atoms with Crippen molar-refractivity contribution in [2.75, 3.05) is 19.0 Å². The highest BCUT2D eigenvalue weighted by Crippen LogP contribution is 2.28. The molecule has 5 nitrogen and oxygen atoms in total. The van der Waals surface area contributed by atoms with Gasteiger partial charge in [0.05, 0.1) is 18.4 Å². The average molecular weight is 405 g/mol. The molecule has 0 saturated heterocycles. The molecule has 0 radical (unpaired) electrons. The van der Waals surface area contributed by atoms with Crippen LogP contribution in [0.25, 0.3) is 10.8 Å². The Hall–Kier alpha value is -3.34. The second-order valence-electron chi connectivity index (χ2n) is 7.80. The topological polar surface area (TPSA) is 67.4 Å². The molecule has 0 fully saturated rings. The van der Waals surface area contributed by atoms with Gasteiger partial charge in [-0.1, -0.05) is 60.7 Å². The van der Waals surface area contributed by atoms with Crippen LogP contribution in [0.5, 0.6) is 0 Å². The number of esters is 1. The maximum atomic E-state index is 13.0. The zero-order valence-corrected chi connectivity index (χ0v) is 17.7. The highest BCUT2D eigenvalue weighted by molar-refractivity contribution is 6.09. The molecule has 5 heteroatoms. The Morgan fingerprint density at radius 1 is 0.933 bits per heavy atom. The highest BCUT2D eigenvalue weighted by atomic mass is 16.5. The van der Waals surface area contributed by atoms with Gasteiger partial charge in [-0.05, 0) is 43.7 Å². The molecule has 2 N–H and O–H groups in total. The summed E-state index contributed by atoms with van der Waals surface area (Å²) < 4.78 is 4.80. The summed E-state index contributed by atoms with van der Waals surface area (Å²) in [6.07, 6.45) is 1.89. The van der Waals surface area contributed by atoms with Gasteiger partial charge in [-0.3, -0.25) is 4.79 Å². The molecule has 0 heterocycles. The highest BCUT2D eigenvalue weighted by Gasteiger charge is 2.31. The van der Waals surface area contributed by atoms with Crippen LogP contribution in [0.15, 0.2) is 66.7 Å². The minimum Gasteiger partial charge on any atom is -0.467 e. The fourth-order valence-electron chi connectivity index (χ4n) is 3.46. The quantitative estimate of drug-likeness (QED) is 0.426. The van der Waals surface area contributed by atoms with E-state index in [1.807, 2.05) is 48.5 Å². The largest absolute Gasteiger partial charge is 0.467 e. The monoisotopic (exact) mass is 404 g/mol. The van der Waals surface area contributed by atoms with E-state index in [-0.39, 0.29) is 5.91 Å². The number of methoxy groups -OCH3 is 1. The van der Waals surface area contributed by atoms with Gasteiger partial charge in [0.2, 0.25) is 0 Å². The number of aryl methyl sites for hydroxylation is 1. The van der Waals surface area contributed by atoms with Crippen molar-refractivity contribution in [3.8, 4) is 0 Å². The molecule has 3 aromatic rings. The molecule has 0 bridgehead atoms. The molecule has 0 aliphatic rings. The second kappa shape index (κ2) is 9.44. The van der Waals surface area contributed by atoms with E-state index in [0.717, 1.165) is 35.8 Å². The lowest BCUT2D eigenvalue weighted by molar-refractivity contribution is -0.146.